The maximum absolute atomic E-state index is 12.2. The van der Waals surface area contributed by atoms with Crippen LogP contribution in [0.3, 0.4) is 0 Å². The molecule has 1 atom stereocenters. The summed E-state index contributed by atoms with van der Waals surface area (Å²) in [6.45, 7) is 1.42. The minimum Gasteiger partial charge on any atom is -0.366 e. The molecular weight excluding hydrogens is 230 g/mol. The van der Waals surface area contributed by atoms with E-state index in [-0.39, 0.29) is 5.91 Å². The molecule has 5 nitrogen and oxygen atoms in total. The minimum atomic E-state index is -0.463. The predicted molar refractivity (Wildman–Crippen MR) is 66.9 cm³/mol. The van der Waals surface area contributed by atoms with Crippen molar-refractivity contribution in [2.24, 2.45) is 5.73 Å². The van der Waals surface area contributed by atoms with Crippen LogP contribution in [0.2, 0.25) is 0 Å². The van der Waals surface area contributed by atoms with Crippen molar-refractivity contribution >= 4 is 11.6 Å². The molecule has 0 aliphatic carbocycles. The Labute approximate surface area is 106 Å². The predicted octanol–water partition coefficient (Wildman–Crippen LogP) is 0.639. The molecule has 94 valence electrons. The third-order valence-electron chi connectivity index (χ3n) is 2.89. The number of amides is 1. The number of hydrogen-bond acceptors (Lipinski definition) is 4. The highest BCUT2D eigenvalue weighted by atomic mass is 16.5. The number of nitrogens with zero attached hydrogens (tertiary/aromatic N) is 2. The van der Waals surface area contributed by atoms with E-state index in [4.69, 9.17) is 15.7 Å². The van der Waals surface area contributed by atoms with E-state index in [1.165, 1.54) is 0 Å². The van der Waals surface area contributed by atoms with E-state index in [2.05, 4.69) is 6.07 Å². The van der Waals surface area contributed by atoms with Gasteiger partial charge in [-0.2, -0.15) is 5.26 Å². The van der Waals surface area contributed by atoms with Crippen LogP contribution in [0.25, 0.3) is 0 Å². The molecule has 2 N–H and O–H groups in total. The highest BCUT2D eigenvalue weighted by Crippen LogP contribution is 2.20. The summed E-state index contributed by atoms with van der Waals surface area (Å²) in [6.07, 6.45) is 0.0577. The van der Waals surface area contributed by atoms with Crippen molar-refractivity contribution in [3.8, 4) is 6.07 Å². The quantitative estimate of drug-likeness (QED) is 0.847. The van der Waals surface area contributed by atoms with Crippen LogP contribution in [0.5, 0.6) is 0 Å². The van der Waals surface area contributed by atoms with Gasteiger partial charge in [-0.05, 0) is 31.2 Å². The number of ether oxygens (including phenoxy) is 1. The van der Waals surface area contributed by atoms with Crippen molar-refractivity contribution in [3.05, 3.63) is 29.8 Å². The molecule has 18 heavy (non-hydrogen) atoms. The number of nitriles is 1. The van der Waals surface area contributed by atoms with Crippen LogP contribution in [0.4, 0.5) is 5.69 Å². The molecule has 1 fully saturated rings. The van der Waals surface area contributed by atoms with E-state index in [0.717, 1.165) is 5.69 Å². The van der Waals surface area contributed by atoms with E-state index in [1.54, 1.807) is 23.1 Å². The number of rotatable bonds is 3. The average Bonchev–Trinajstić information content (AvgIpc) is 2.41. The van der Waals surface area contributed by atoms with Crippen LogP contribution in [-0.4, -0.2) is 31.7 Å². The third-order valence-corrected chi connectivity index (χ3v) is 2.89. The molecule has 0 bridgehead atoms. The van der Waals surface area contributed by atoms with Crippen molar-refractivity contribution in [2.75, 3.05) is 24.6 Å². The van der Waals surface area contributed by atoms with Crippen LogP contribution in [0, 0.1) is 11.3 Å². The number of carbonyl (C=O) groups excluding carboxylic acids is 1. The Balaban J connectivity index is 2.21. The van der Waals surface area contributed by atoms with Gasteiger partial charge in [-0.3, -0.25) is 4.79 Å². The van der Waals surface area contributed by atoms with Crippen LogP contribution < -0.4 is 10.6 Å². The van der Waals surface area contributed by atoms with Crippen LogP contribution >= 0.6 is 0 Å². The zero-order valence-corrected chi connectivity index (χ0v) is 10.0. The first-order chi connectivity index (χ1) is 8.76. The highest BCUT2D eigenvalue weighted by Gasteiger charge is 2.29. The van der Waals surface area contributed by atoms with Gasteiger partial charge in [0.15, 0.2) is 0 Å². The monoisotopic (exact) mass is 245 g/mol. The fourth-order valence-electron chi connectivity index (χ4n) is 2.00. The summed E-state index contributed by atoms with van der Waals surface area (Å²) in [6, 6.07) is 9.09. The van der Waals surface area contributed by atoms with Crippen molar-refractivity contribution in [2.45, 2.75) is 12.5 Å². The second-order valence-corrected chi connectivity index (χ2v) is 4.09. The Morgan fingerprint density at radius 2 is 2.39 bits per heavy atom. The summed E-state index contributed by atoms with van der Waals surface area (Å²) in [7, 11) is 0. The number of benzene rings is 1. The fraction of sp³-hybridized carbons (Fsp3) is 0.385. The van der Waals surface area contributed by atoms with Crippen LogP contribution in [0.1, 0.15) is 12.0 Å². The summed E-state index contributed by atoms with van der Waals surface area (Å²) >= 11 is 0. The van der Waals surface area contributed by atoms with Crippen LogP contribution in [-0.2, 0) is 9.53 Å². The topological polar surface area (TPSA) is 79.3 Å². The summed E-state index contributed by atoms with van der Waals surface area (Å²) < 4.78 is 5.40. The Morgan fingerprint density at radius 1 is 1.56 bits per heavy atom. The second-order valence-electron chi connectivity index (χ2n) is 4.09. The molecule has 1 aromatic carbocycles. The van der Waals surface area contributed by atoms with Gasteiger partial charge in [0.25, 0.3) is 5.91 Å². The molecule has 0 saturated carbocycles. The van der Waals surface area contributed by atoms with Gasteiger partial charge in [-0.15, -0.1) is 0 Å². The van der Waals surface area contributed by atoms with Crippen molar-refractivity contribution in [3.63, 3.8) is 0 Å². The Bertz CT molecular complexity index is 479. The Hall–Kier alpha value is -1.90. The van der Waals surface area contributed by atoms with Gasteiger partial charge in [0.2, 0.25) is 0 Å². The van der Waals surface area contributed by atoms with Gasteiger partial charge >= 0.3 is 0 Å². The fourth-order valence-corrected chi connectivity index (χ4v) is 2.00. The lowest BCUT2D eigenvalue weighted by Crippen LogP contribution is -2.48. The maximum Gasteiger partial charge on any atom is 0.256 e. The van der Waals surface area contributed by atoms with Crippen molar-refractivity contribution in [1.29, 1.82) is 5.26 Å². The number of hydrogen-bond donors (Lipinski definition) is 1. The lowest BCUT2D eigenvalue weighted by atomic mass is 10.1. The SMILES string of the molecule is N#Cc1cccc(N2CCOC(CCN)C2=O)c1. The molecule has 1 saturated heterocycles. The summed E-state index contributed by atoms with van der Waals surface area (Å²) in [5, 5.41) is 8.87. The largest absolute Gasteiger partial charge is 0.366 e. The molecule has 0 radical (unpaired) electrons. The van der Waals surface area contributed by atoms with E-state index in [0.29, 0.717) is 31.7 Å². The Kier molecular flexibility index (Phi) is 3.92. The number of anilines is 1. The molecule has 1 unspecified atom stereocenters. The molecule has 1 aliphatic rings. The van der Waals surface area contributed by atoms with E-state index >= 15 is 0 Å². The van der Waals surface area contributed by atoms with Gasteiger partial charge < -0.3 is 15.4 Å². The summed E-state index contributed by atoms with van der Waals surface area (Å²) in [5.41, 5.74) is 6.74. The van der Waals surface area contributed by atoms with Crippen LogP contribution in [0.15, 0.2) is 24.3 Å². The minimum absolute atomic E-state index is 0.0817. The van der Waals surface area contributed by atoms with E-state index < -0.39 is 6.10 Å². The molecule has 2 rings (SSSR count). The molecule has 1 aromatic rings. The molecule has 1 heterocycles. The summed E-state index contributed by atoms with van der Waals surface area (Å²) in [5.74, 6) is -0.0817. The maximum atomic E-state index is 12.2. The first kappa shape index (κ1) is 12.6. The lowest BCUT2D eigenvalue weighted by Gasteiger charge is -2.32. The molecule has 5 heteroatoms. The van der Waals surface area contributed by atoms with Gasteiger partial charge in [0.1, 0.15) is 6.10 Å². The van der Waals surface area contributed by atoms with Gasteiger partial charge in [0.05, 0.1) is 18.2 Å². The standard InChI is InChI=1S/C13H15N3O2/c14-5-4-12-13(17)16(6-7-18-12)11-3-1-2-10(8-11)9-15/h1-3,8,12H,4-7,14H2. The first-order valence-electron chi connectivity index (χ1n) is 5.89. The zero-order chi connectivity index (χ0) is 13.0. The van der Waals surface area contributed by atoms with Crippen molar-refractivity contribution < 1.29 is 9.53 Å². The summed E-state index contributed by atoms with van der Waals surface area (Å²) in [4.78, 5) is 13.8. The zero-order valence-electron chi connectivity index (χ0n) is 10.0. The molecule has 1 amide bonds. The molecular formula is C13H15N3O2. The Morgan fingerprint density at radius 3 is 3.11 bits per heavy atom. The number of nitrogens with two attached hydrogens (primary N) is 1. The first-order valence-corrected chi connectivity index (χ1v) is 5.89. The normalized spacial score (nSPS) is 19.7. The van der Waals surface area contributed by atoms with Gasteiger partial charge in [0, 0.05) is 12.2 Å². The van der Waals surface area contributed by atoms with Gasteiger partial charge in [-0.25, -0.2) is 0 Å². The number of carbonyl (C=O) groups is 1. The molecule has 0 aromatic heterocycles. The van der Waals surface area contributed by atoms with E-state index in [9.17, 15) is 4.79 Å². The smallest absolute Gasteiger partial charge is 0.256 e. The average molecular weight is 245 g/mol. The second kappa shape index (κ2) is 5.63. The van der Waals surface area contributed by atoms with E-state index in [1.807, 2.05) is 6.07 Å². The lowest BCUT2D eigenvalue weighted by molar-refractivity contribution is -0.134. The number of morpholine rings is 1. The third kappa shape index (κ3) is 2.50. The molecule has 0 spiro atoms. The van der Waals surface area contributed by atoms with Crippen molar-refractivity contribution in [1.82, 2.24) is 0 Å². The van der Waals surface area contributed by atoms with Gasteiger partial charge in [-0.1, -0.05) is 6.07 Å². The molecule has 1 aliphatic heterocycles. The highest BCUT2D eigenvalue weighted by molar-refractivity contribution is 5.97.